The van der Waals surface area contributed by atoms with Crippen molar-refractivity contribution in [1.82, 2.24) is 0 Å². The van der Waals surface area contributed by atoms with Gasteiger partial charge in [0.25, 0.3) is 0 Å². The predicted octanol–water partition coefficient (Wildman–Crippen LogP) is 2.27. The number of rotatable bonds is 0. The third-order valence-corrected chi connectivity index (χ3v) is 3.80. The summed E-state index contributed by atoms with van der Waals surface area (Å²) in [6.07, 6.45) is 12.2. The van der Waals surface area contributed by atoms with E-state index in [-0.39, 0.29) is 0 Å². The SMILES string of the molecule is [SiH3]C1CCCCCCCC1. The van der Waals surface area contributed by atoms with E-state index in [1.54, 1.807) is 12.8 Å². The molecule has 60 valence electrons. The van der Waals surface area contributed by atoms with Crippen LogP contribution in [0.15, 0.2) is 0 Å². The van der Waals surface area contributed by atoms with Crippen LogP contribution in [-0.2, 0) is 0 Å². The third-order valence-electron chi connectivity index (χ3n) is 2.64. The van der Waals surface area contributed by atoms with Gasteiger partial charge in [0.2, 0.25) is 0 Å². The van der Waals surface area contributed by atoms with Crippen molar-refractivity contribution in [3.05, 3.63) is 0 Å². The average Bonchev–Trinajstić information content (AvgIpc) is 2.02. The Labute approximate surface area is 67.8 Å². The highest BCUT2D eigenvalue weighted by Crippen LogP contribution is 2.22. The quantitative estimate of drug-likeness (QED) is 0.472. The topological polar surface area (TPSA) is 0 Å². The Bertz CT molecular complexity index is 70.8. The molecule has 0 aromatic rings. The van der Waals surface area contributed by atoms with Gasteiger partial charge < -0.3 is 0 Å². The van der Waals surface area contributed by atoms with E-state index in [4.69, 9.17) is 0 Å². The third kappa shape index (κ3) is 3.40. The Kier molecular flexibility index (Phi) is 4.11. The maximum absolute atomic E-state index is 1.55. The molecule has 0 atom stereocenters. The van der Waals surface area contributed by atoms with Gasteiger partial charge >= 0.3 is 0 Å². The summed E-state index contributed by atoms with van der Waals surface area (Å²) in [5.74, 6) is 0. The molecule has 0 saturated heterocycles. The second kappa shape index (κ2) is 4.95. The highest BCUT2D eigenvalue weighted by Gasteiger charge is 2.03. The number of hydrogen-bond acceptors (Lipinski definition) is 0. The molecule has 1 heteroatoms. The molecule has 1 rings (SSSR count). The van der Waals surface area contributed by atoms with Crippen molar-refractivity contribution in [3.63, 3.8) is 0 Å². The van der Waals surface area contributed by atoms with Gasteiger partial charge in [0.05, 0.1) is 0 Å². The van der Waals surface area contributed by atoms with E-state index in [1.807, 2.05) is 0 Å². The monoisotopic (exact) mass is 156 g/mol. The smallest absolute Gasteiger partial charge is 0.00672 e. The van der Waals surface area contributed by atoms with Gasteiger partial charge in [0, 0.05) is 10.2 Å². The van der Waals surface area contributed by atoms with Crippen LogP contribution in [0.25, 0.3) is 0 Å². The molecule has 0 aromatic carbocycles. The maximum atomic E-state index is 1.55. The van der Waals surface area contributed by atoms with Gasteiger partial charge in [-0.25, -0.2) is 0 Å². The molecule has 0 amide bonds. The van der Waals surface area contributed by atoms with Crippen molar-refractivity contribution >= 4 is 10.2 Å². The fraction of sp³-hybridized carbons (Fsp3) is 1.00. The van der Waals surface area contributed by atoms with E-state index >= 15 is 0 Å². The molecule has 0 unspecified atom stereocenters. The zero-order valence-electron chi connectivity index (χ0n) is 7.23. The fourth-order valence-electron chi connectivity index (χ4n) is 1.84. The van der Waals surface area contributed by atoms with E-state index in [0.717, 1.165) is 5.54 Å². The molecule has 1 fully saturated rings. The van der Waals surface area contributed by atoms with Crippen LogP contribution in [0.5, 0.6) is 0 Å². The van der Waals surface area contributed by atoms with Gasteiger partial charge in [-0.15, -0.1) is 0 Å². The predicted molar refractivity (Wildman–Crippen MR) is 50.6 cm³/mol. The summed E-state index contributed by atoms with van der Waals surface area (Å²) >= 11 is 0. The van der Waals surface area contributed by atoms with Crippen LogP contribution in [0, 0.1) is 0 Å². The van der Waals surface area contributed by atoms with Gasteiger partial charge in [0.15, 0.2) is 0 Å². The lowest BCUT2D eigenvalue weighted by Gasteiger charge is -2.07. The first-order chi connectivity index (χ1) is 4.89. The summed E-state index contributed by atoms with van der Waals surface area (Å²) in [7, 11) is 1.45. The average molecular weight is 156 g/mol. The molecule has 0 aromatic heterocycles. The summed E-state index contributed by atoms with van der Waals surface area (Å²) in [6.45, 7) is 0. The van der Waals surface area contributed by atoms with Gasteiger partial charge in [-0.1, -0.05) is 56.9 Å². The fourth-order valence-corrected chi connectivity index (χ4v) is 2.65. The standard InChI is InChI=1S/C9H20Si/c10-9-7-5-3-1-2-4-6-8-9/h9H,1-8H2,10H3. The van der Waals surface area contributed by atoms with E-state index in [1.165, 1.54) is 48.8 Å². The van der Waals surface area contributed by atoms with E-state index < -0.39 is 0 Å². The summed E-state index contributed by atoms with van der Waals surface area (Å²) in [5, 5.41) is 0. The zero-order chi connectivity index (χ0) is 7.23. The molecule has 1 saturated carbocycles. The van der Waals surface area contributed by atoms with Crippen molar-refractivity contribution in [1.29, 1.82) is 0 Å². The van der Waals surface area contributed by atoms with Crippen molar-refractivity contribution in [2.75, 3.05) is 0 Å². The largest absolute Gasteiger partial charge is 0.0546 e. The van der Waals surface area contributed by atoms with Crippen LogP contribution in [0.1, 0.15) is 51.4 Å². The molecule has 0 heterocycles. The Morgan fingerprint density at radius 2 is 1.10 bits per heavy atom. The normalized spacial score (nSPS) is 25.2. The molecule has 0 spiro atoms. The molecule has 0 bridgehead atoms. The van der Waals surface area contributed by atoms with Crippen LogP contribution in [0.3, 0.4) is 0 Å². The Hall–Kier alpha value is 0.217. The van der Waals surface area contributed by atoms with Crippen LogP contribution in [-0.4, -0.2) is 10.2 Å². The molecular formula is C9H20Si. The number of hydrogen-bond donors (Lipinski definition) is 0. The first kappa shape index (κ1) is 8.31. The molecule has 0 nitrogen and oxygen atoms in total. The molecular weight excluding hydrogens is 136 g/mol. The first-order valence-electron chi connectivity index (χ1n) is 4.89. The summed E-state index contributed by atoms with van der Waals surface area (Å²) in [4.78, 5) is 0. The lowest BCUT2D eigenvalue weighted by atomic mass is 10.1. The minimum Gasteiger partial charge on any atom is -0.0546 e. The highest BCUT2D eigenvalue weighted by molar-refractivity contribution is 6.11. The van der Waals surface area contributed by atoms with Crippen LogP contribution in [0.2, 0.25) is 5.54 Å². The lowest BCUT2D eigenvalue weighted by molar-refractivity contribution is 0.623. The second-order valence-corrected chi connectivity index (χ2v) is 5.44. The van der Waals surface area contributed by atoms with Crippen molar-refractivity contribution in [2.45, 2.75) is 56.9 Å². The molecule has 0 aliphatic heterocycles. The minimum absolute atomic E-state index is 1.15. The Morgan fingerprint density at radius 3 is 1.60 bits per heavy atom. The maximum Gasteiger partial charge on any atom is 0.00672 e. The van der Waals surface area contributed by atoms with E-state index in [0.29, 0.717) is 0 Å². The van der Waals surface area contributed by atoms with Crippen molar-refractivity contribution in [2.24, 2.45) is 0 Å². The molecule has 0 radical (unpaired) electrons. The molecule has 0 N–H and O–H groups in total. The molecule has 1 aliphatic carbocycles. The van der Waals surface area contributed by atoms with Crippen molar-refractivity contribution in [3.8, 4) is 0 Å². The molecule has 10 heavy (non-hydrogen) atoms. The zero-order valence-corrected chi connectivity index (χ0v) is 9.23. The Balaban J connectivity index is 2.15. The lowest BCUT2D eigenvalue weighted by Crippen LogP contribution is -1.90. The first-order valence-corrected chi connectivity index (χ1v) is 6.05. The molecule has 1 aliphatic rings. The van der Waals surface area contributed by atoms with E-state index in [9.17, 15) is 0 Å². The highest BCUT2D eigenvalue weighted by atomic mass is 28.1. The van der Waals surface area contributed by atoms with Gasteiger partial charge in [-0.3, -0.25) is 0 Å². The van der Waals surface area contributed by atoms with Gasteiger partial charge in [-0.05, 0) is 0 Å². The summed E-state index contributed by atoms with van der Waals surface area (Å²) in [5.41, 5.74) is 1.15. The van der Waals surface area contributed by atoms with Crippen molar-refractivity contribution < 1.29 is 0 Å². The van der Waals surface area contributed by atoms with Gasteiger partial charge in [-0.2, -0.15) is 0 Å². The minimum atomic E-state index is 1.15. The van der Waals surface area contributed by atoms with E-state index in [2.05, 4.69) is 0 Å². The second-order valence-electron chi connectivity index (χ2n) is 3.80. The van der Waals surface area contributed by atoms with Crippen LogP contribution >= 0.6 is 0 Å². The Morgan fingerprint density at radius 1 is 0.700 bits per heavy atom. The van der Waals surface area contributed by atoms with Crippen LogP contribution in [0.4, 0.5) is 0 Å². The summed E-state index contributed by atoms with van der Waals surface area (Å²) < 4.78 is 0. The van der Waals surface area contributed by atoms with Gasteiger partial charge in [0.1, 0.15) is 0 Å². The van der Waals surface area contributed by atoms with Crippen LogP contribution < -0.4 is 0 Å². The summed E-state index contributed by atoms with van der Waals surface area (Å²) in [6, 6.07) is 0.